The molecule has 2 unspecified atom stereocenters. The van der Waals surface area contributed by atoms with Crippen LogP contribution in [-0.4, -0.2) is 30.1 Å². The fourth-order valence-corrected chi connectivity index (χ4v) is 3.08. The Balaban J connectivity index is 2.45. The van der Waals surface area contributed by atoms with E-state index in [0.29, 0.717) is 6.42 Å². The van der Waals surface area contributed by atoms with Crippen LogP contribution in [0.25, 0.3) is 0 Å². The Morgan fingerprint density at radius 3 is 2.79 bits per heavy atom. The lowest BCUT2D eigenvalue weighted by Gasteiger charge is -2.18. The number of allylic oxidation sites excluding steroid dienone is 3. The molecular weight excluding hydrogens is 304 g/mol. The molecular formula is C20H32O4. The topological polar surface area (TPSA) is 63.6 Å². The van der Waals surface area contributed by atoms with Crippen molar-refractivity contribution in [1.29, 1.82) is 0 Å². The van der Waals surface area contributed by atoms with Crippen LogP contribution in [0, 0.1) is 17.8 Å². The van der Waals surface area contributed by atoms with Gasteiger partial charge in [-0.3, -0.25) is 9.59 Å². The number of rotatable bonds is 11. The summed E-state index contributed by atoms with van der Waals surface area (Å²) in [4.78, 5) is 23.3. The molecule has 0 bridgehead atoms. The SMILES string of the molecule is CCCCCC(O)C=C[C@H]1C=CC(=O)[C@H]1CCC(C)CC(=O)OC. The average molecular weight is 336 g/mol. The van der Waals surface area contributed by atoms with Gasteiger partial charge in [-0.2, -0.15) is 0 Å². The maximum Gasteiger partial charge on any atom is 0.305 e. The minimum atomic E-state index is -0.431. The second-order valence-corrected chi connectivity index (χ2v) is 6.86. The van der Waals surface area contributed by atoms with E-state index in [9.17, 15) is 14.7 Å². The van der Waals surface area contributed by atoms with Crippen LogP contribution in [0.4, 0.5) is 0 Å². The third-order valence-electron chi connectivity index (χ3n) is 4.68. The highest BCUT2D eigenvalue weighted by atomic mass is 16.5. The molecule has 0 amide bonds. The van der Waals surface area contributed by atoms with Gasteiger partial charge in [0.15, 0.2) is 5.78 Å². The average Bonchev–Trinajstić information content (AvgIpc) is 2.91. The Bertz CT molecular complexity index is 453. The van der Waals surface area contributed by atoms with E-state index in [4.69, 9.17) is 0 Å². The fraction of sp³-hybridized carbons (Fsp3) is 0.700. The predicted molar refractivity (Wildman–Crippen MR) is 95.4 cm³/mol. The molecule has 0 aliphatic heterocycles. The van der Waals surface area contributed by atoms with Crippen molar-refractivity contribution >= 4 is 11.8 Å². The third-order valence-corrected chi connectivity index (χ3v) is 4.68. The first-order valence-corrected chi connectivity index (χ1v) is 9.13. The molecule has 4 nitrogen and oxygen atoms in total. The molecule has 0 radical (unpaired) electrons. The van der Waals surface area contributed by atoms with Gasteiger partial charge in [-0.1, -0.05) is 51.3 Å². The molecule has 1 aliphatic rings. The normalized spacial score (nSPS) is 22.9. The summed E-state index contributed by atoms with van der Waals surface area (Å²) >= 11 is 0. The molecule has 0 aromatic heterocycles. The van der Waals surface area contributed by atoms with Gasteiger partial charge in [-0.05, 0) is 31.3 Å². The summed E-state index contributed by atoms with van der Waals surface area (Å²) in [5.41, 5.74) is 0. The smallest absolute Gasteiger partial charge is 0.305 e. The van der Waals surface area contributed by atoms with Crippen molar-refractivity contribution in [2.75, 3.05) is 7.11 Å². The van der Waals surface area contributed by atoms with Crippen LogP contribution >= 0.6 is 0 Å². The highest BCUT2D eigenvalue weighted by Gasteiger charge is 2.28. The summed E-state index contributed by atoms with van der Waals surface area (Å²) < 4.78 is 4.68. The highest BCUT2D eigenvalue weighted by Crippen LogP contribution is 2.30. The molecule has 0 aromatic rings. The second-order valence-electron chi connectivity index (χ2n) is 6.86. The van der Waals surface area contributed by atoms with Gasteiger partial charge in [0.2, 0.25) is 0 Å². The molecule has 0 fully saturated rings. The second kappa shape index (κ2) is 11.2. The monoisotopic (exact) mass is 336 g/mol. The van der Waals surface area contributed by atoms with Gasteiger partial charge in [0.05, 0.1) is 13.2 Å². The molecule has 1 aliphatic carbocycles. The van der Waals surface area contributed by atoms with Gasteiger partial charge < -0.3 is 9.84 Å². The molecule has 1 rings (SSSR count). The van der Waals surface area contributed by atoms with Gasteiger partial charge in [-0.15, -0.1) is 0 Å². The van der Waals surface area contributed by atoms with E-state index < -0.39 is 6.10 Å². The molecule has 4 heteroatoms. The minimum absolute atomic E-state index is 0.0589. The molecule has 24 heavy (non-hydrogen) atoms. The fourth-order valence-electron chi connectivity index (χ4n) is 3.08. The van der Waals surface area contributed by atoms with E-state index in [2.05, 4.69) is 11.7 Å². The third kappa shape index (κ3) is 7.43. The van der Waals surface area contributed by atoms with Crippen molar-refractivity contribution in [3.63, 3.8) is 0 Å². The minimum Gasteiger partial charge on any atom is -0.469 e. The highest BCUT2D eigenvalue weighted by molar-refractivity contribution is 5.94. The van der Waals surface area contributed by atoms with Crippen molar-refractivity contribution in [1.82, 2.24) is 0 Å². The molecule has 0 saturated carbocycles. The molecule has 1 N–H and O–H groups in total. The summed E-state index contributed by atoms with van der Waals surface area (Å²) in [6.07, 6.45) is 13.0. The molecule has 4 atom stereocenters. The van der Waals surface area contributed by atoms with Crippen LogP contribution in [0.15, 0.2) is 24.3 Å². The number of unbranched alkanes of at least 4 members (excludes halogenated alkanes) is 2. The standard InChI is InChI=1S/C20H32O4/c1-4-5-6-7-17(21)11-9-16-10-13-19(22)18(16)12-8-15(2)14-20(23)24-3/h9-11,13,15-18,21H,4-8,12,14H2,1-3H3/t15?,16-,17?,18-/m0/s1. The van der Waals surface area contributed by atoms with Crippen molar-refractivity contribution < 1.29 is 19.4 Å². The maximum absolute atomic E-state index is 12.1. The van der Waals surface area contributed by atoms with Crippen LogP contribution in [0.3, 0.4) is 0 Å². The van der Waals surface area contributed by atoms with Gasteiger partial charge in [0.1, 0.15) is 0 Å². The van der Waals surface area contributed by atoms with E-state index in [1.807, 2.05) is 25.2 Å². The summed E-state index contributed by atoms with van der Waals surface area (Å²) in [5, 5.41) is 9.99. The van der Waals surface area contributed by atoms with Crippen molar-refractivity contribution in [2.45, 2.75) is 64.9 Å². The van der Waals surface area contributed by atoms with Gasteiger partial charge >= 0.3 is 5.97 Å². The summed E-state index contributed by atoms with van der Waals surface area (Å²) in [7, 11) is 1.39. The van der Waals surface area contributed by atoms with Gasteiger partial charge in [-0.25, -0.2) is 0 Å². The molecule has 136 valence electrons. The molecule has 0 spiro atoms. The quantitative estimate of drug-likeness (QED) is 0.354. The lowest BCUT2D eigenvalue weighted by molar-refractivity contribution is -0.141. The largest absolute Gasteiger partial charge is 0.469 e. The Morgan fingerprint density at radius 1 is 1.38 bits per heavy atom. The number of ketones is 1. The van der Waals surface area contributed by atoms with Crippen LogP contribution < -0.4 is 0 Å². The number of aliphatic hydroxyl groups excluding tert-OH is 1. The van der Waals surface area contributed by atoms with Crippen molar-refractivity contribution in [2.24, 2.45) is 17.8 Å². The summed E-state index contributed by atoms with van der Waals surface area (Å²) in [6, 6.07) is 0. The molecule has 0 aromatic carbocycles. The van der Waals surface area contributed by atoms with Crippen LogP contribution in [0.5, 0.6) is 0 Å². The number of aliphatic hydroxyl groups is 1. The number of methoxy groups -OCH3 is 1. The van der Waals surface area contributed by atoms with E-state index in [-0.39, 0.29) is 29.5 Å². The first-order valence-electron chi connectivity index (χ1n) is 9.13. The first kappa shape index (κ1) is 20.6. The van der Waals surface area contributed by atoms with E-state index >= 15 is 0 Å². The number of esters is 1. The van der Waals surface area contributed by atoms with Crippen molar-refractivity contribution in [3.8, 4) is 0 Å². The Kier molecular flexibility index (Phi) is 9.62. The van der Waals surface area contributed by atoms with Crippen molar-refractivity contribution in [3.05, 3.63) is 24.3 Å². The zero-order valence-corrected chi connectivity index (χ0v) is 15.2. The number of ether oxygens (including phenoxy) is 1. The summed E-state index contributed by atoms with van der Waals surface area (Å²) in [6.45, 7) is 4.15. The Morgan fingerprint density at radius 2 is 2.12 bits per heavy atom. The maximum atomic E-state index is 12.1. The van der Waals surface area contributed by atoms with Gasteiger partial charge in [0, 0.05) is 18.3 Å². The van der Waals surface area contributed by atoms with Crippen LogP contribution in [0.1, 0.15) is 58.8 Å². The molecule has 0 saturated heterocycles. The van der Waals surface area contributed by atoms with E-state index in [1.165, 1.54) is 7.11 Å². The lowest BCUT2D eigenvalue weighted by atomic mass is 9.86. The number of carbonyl (C=O) groups excluding carboxylic acids is 2. The number of hydrogen-bond donors (Lipinski definition) is 1. The van der Waals surface area contributed by atoms with Crippen LogP contribution in [-0.2, 0) is 14.3 Å². The van der Waals surface area contributed by atoms with E-state index in [1.54, 1.807) is 6.08 Å². The molecule has 0 heterocycles. The zero-order chi connectivity index (χ0) is 17.9. The van der Waals surface area contributed by atoms with Crippen LogP contribution in [0.2, 0.25) is 0 Å². The van der Waals surface area contributed by atoms with Gasteiger partial charge in [0.25, 0.3) is 0 Å². The van der Waals surface area contributed by atoms with E-state index in [0.717, 1.165) is 38.5 Å². The first-order chi connectivity index (χ1) is 11.5. The predicted octanol–water partition coefficient (Wildman–Crippen LogP) is 3.83. The number of carbonyl (C=O) groups is 2. The zero-order valence-electron chi connectivity index (χ0n) is 15.2. The summed E-state index contributed by atoms with van der Waals surface area (Å²) in [5.74, 6) is 0.142. The Hall–Kier alpha value is -1.42. The Labute approximate surface area is 146 Å². The lowest BCUT2D eigenvalue weighted by Crippen LogP contribution is -2.17. The number of hydrogen-bond acceptors (Lipinski definition) is 4.